The van der Waals surface area contributed by atoms with E-state index >= 15 is 0 Å². The number of anilines is 1. The standard InChI is InChI=1S/C22H31N5O/c1-22(2,3)28-19-10-6-5-9-18(19)17-25-21(23-4)27-15-13-26(14-16-27)20-11-7-8-12-24-20/h5-12H,13-17H2,1-4H3,(H,23,25). The third-order valence-corrected chi connectivity index (χ3v) is 4.59. The fourth-order valence-corrected chi connectivity index (χ4v) is 3.27. The summed E-state index contributed by atoms with van der Waals surface area (Å²) in [4.78, 5) is 13.6. The molecule has 2 aromatic rings. The minimum Gasteiger partial charge on any atom is -0.488 e. The highest BCUT2D eigenvalue weighted by Crippen LogP contribution is 2.23. The molecule has 1 aromatic carbocycles. The van der Waals surface area contributed by atoms with Gasteiger partial charge in [-0.25, -0.2) is 4.98 Å². The van der Waals surface area contributed by atoms with Crippen molar-refractivity contribution in [3.05, 3.63) is 54.2 Å². The number of benzene rings is 1. The van der Waals surface area contributed by atoms with Gasteiger partial charge in [-0.1, -0.05) is 24.3 Å². The van der Waals surface area contributed by atoms with Crippen molar-refractivity contribution in [3.63, 3.8) is 0 Å². The molecule has 2 heterocycles. The van der Waals surface area contributed by atoms with Gasteiger partial charge in [0.05, 0.1) is 0 Å². The van der Waals surface area contributed by atoms with Gasteiger partial charge in [0, 0.05) is 51.5 Å². The monoisotopic (exact) mass is 381 g/mol. The van der Waals surface area contributed by atoms with Crippen molar-refractivity contribution in [2.75, 3.05) is 38.1 Å². The molecular formula is C22H31N5O. The fourth-order valence-electron chi connectivity index (χ4n) is 3.27. The van der Waals surface area contributed by atoms with Gasteiger partial charge in [0.15, 0.2) is 5.96 Å². The molecule has 0 spiro atoms. The van der Waals surface area contributed by atoms with E-state index in [4.69, 9.17) is 4.74 Å². The Morgan fingerprint density at radius 1 is 1.07 bits per heavy atom. The van der Waals surface area contributed by atoms with Crippen LogP contribution in [0.5, 0.6) is 5.75 Å². The Balaban J connectivity index is 1.58. The van der Waals surface area contributed by atoms with Gasteiger partial charge < -0.3 is 19.9 Å². The van der Waals surface area contributed by atoms with Crippen LogP contribution in [0.15, 0.2) is 53.7 Å². The molecule has 0 bridgehead atoms. The summed E-state index contributed by atoms with van der Waals surface area (Å²) in [5, 5.41) is 3.50. The Morgan fingerprint density at radius 2 is 1.79 bits per heavy atom. The van der Waals surface area contributed by atoms with Crippen molar-refractivity contribution < 1.29 is 4.74 Å². The van der Waals surface area contributed by atoms with Crippen molar-refractivity contribution in [1.82, 2.24) is 15.2 Å². The molecule has 1 N–H and O–H groups in total. The zero-order valence-electron chi connectivity index (χ0n) is 17.4. The van der Waals surface area contributed by atoms with E-state index in [-0.39, 0.29) is 5.60 Å². The van der Waals surface area contributed by atoms with Gasteiger partial charge in [0.25, 0.3) is 0 Å². The largest absolute Gasteiger partial charge is 0.488 e. The first-order chi connectivity index (χ1) is 13.5. The van der Waals surface area contributed by atoms with Crippen LogP contribution in [0.4, 0.5) is 5.82 Å². The van der Waals surface area contributed by atoms with Gasteiger partial charge in [-0.15, -0.1) is 0 Å². The van der Waals surface area contributed by atoms with Crippen molar-refractivity contribution in [2.45, 2.75) is 32.9 Å². The summed E-state index contributed by atoms with van der Waals surface area (Å²) in [5.74, 6) is 2.88. The molecule has 1 fully saturated rings. The van der Waals surface area contributed by atoms with Crippen molar-refractivity contribution >= 4 is 11.8 Å². The number of ether oxygens (including phenoxy) is 1. The number of piperazine rings is 1. The molecule has 150 valence electrons. The maximum atomic E-state index is 6.10. The Bertz CT molecular complexity index is 777. The lowest BCUT2D eigenvalue weighted by atomic mass is 10.1. The molecule has 0 unspecified atom stereocenters. The number of aliphatic imine (C=N–C) groups is 1. The highest BCUT2D eigenvalue weighted by atomic mass is 16.5. The second kappa shape index (κ2) is 8.95. The predicted octanol–water partition coefficient (Wildman–Crippen LogP) is 3.16. The van der Waals surface area contributed by atoms with Gasteiger partial charge >= 0.3 is 0 Å². The average Bonchev–Trinajstić information content (AvgIpc) is 2.70. The Labute approximate surface area is 168 Å². The number of rotatable bonds is 4. The van der Waals surface area contributed by atoms with Gasteiger partial charge in [0.2, 0.25) is 0 Å². The Hall–Kier alpha value is -2.76. The van der Waals surface area contributed by atoms with Crippen LogP contribution in [0, 0.1) is 0 Å². The lowest BCUT2D eigenvalue weighted by molar-refractivity contribution is 0.129. The normalized spacial score (nSPS) is 15.5. The maximum Gasteiger partial charge on any atom is 0.194 e. The minimum absolute atomic E-state index is 0.223. The highest BCUT2D eigenvalue weighted by molar-refractivity contribution is 5.80. The lowest BCUT2D eigenvalue weighted by Crippen LogP contribution is -2.52. The molecule has 1 aliphatic rings. The second-order valence-electron chi connectivity index (χ2n) is 7.88. The molecule has 3 rings (SSSR count). The van der Waals surface area contributed by atoms with E-state index in [0.29, 0.717) is 6.54 Å². The van der Waals surface area contributed by atoms with E-state index in [1.165, 1.54) is 0 Å². The summed E-state index contributed by atoms with van der Waals surface area (Å²) < 4.78 is 6.10. The summed E-state index contributed by atoms with van der Waals surface area (Å²) in [6.07, 6.45) is 1.85. The molecule has 0 amide bonds. The minimum atomic E-state index is -0.223. The van der Waals surface area contributed by atoms with Crippen LogP contribution in [-0.2, 0) is 6.54 Å². The first-order valence-corrected chi connectivity index (χ1v) is 9.85. The van der Waals surface area contributed by atoms with E-state index in [1.54, 1.807) is 0 Å². The smallest absolute Gasteiger partial charge is 0.194 e. The highest BCUT2D eigenvalue weighted by Gasteiger charge is 2.21. The maximum absolute atomic E-state index is 6.10. The van der Waals surface area contributed by atoms with Crippen LogP contribution in [0.3, 0.4) is 0 Å². The van der Waals surface area contributed by atoms with Gasteiger partial charge in [-0.3, -0.25) is 4.99 Å². The molecule has 6 nitrogen and oxygen atoms in total. The van der Waals surface area contributed by atoms with Crippen LogP contribution in [0.25, 0.3) is 0 Å². The molecule has 1 aromatic heterocycles. The van der Waals surface area contributed by atoms with Crippen molar-refractivity contribution in [1.29, 1.82) is 0 Å². The van der Waals surface area contributed by atoms with Crippen LogP contribution >= 0.6 is 0 Å². The van der Waals surface area contributed by atoms with Crippen molar-refractivity contribution in [3.8, 4) is 5.75 Å². The summed E-state index contributed by atoms with van der Waals surface area (Å²) in [6, 6.07) is 14.2. The Kier molecular flexibility index (Phi) is 6.39. The Morgan fingerprint density at radius 3 is 2.43 bits per heavy atom. The number of hydrogen-bond donors (Lipinski definition) is 1. The molecule has 6 heteroatoms. The number of hydrogen-bond acceptors (Lipinski definition) is 4. The molecule has 0 saturated carbocycles. The molecule has 0 radical (unpaired) electrons. The quantitative estimate of drug-likeness (QED) is 0.651. The van der Waals surface area contributed by atoms with Crippen molar-refractivity contribution in [2.24, 2.45) is 4.99 Å². The number of guanidine groups is 1. The molecule has 0 atom stereocenters. The van der Waals surface area contributed by atoms with Gasteiger partial charge in [-0.2, -0.15) is 0 Å². The summed E-state index contributed by atoms with van der Waals surface area (Å²) in [5.41, 5.74) is 0.908. The van der Waals surface area contributed by atoms with Crippen LogP contribution in [-0.4, -0.2) is 54.7 Å². The van der Waals surface area contributed by atoms with Crippen LogP contribution < -0.4 is 15.0 Å². The summed E-state index contributed by atoms with van der Waals surface area (Å²) >= 11 is 0. The topological polar surface area (TPSA) is 53.0 Å². The molecule has 0 aliphatic carbocycles. The molecular weight excluding hydrogens is 350 g/mol. The summed E-state index contributed by atoms with van der Waals surface area (Å²) in [7, 11) is 1.84. The lowest BCUT2D eigenvalue weighted by Gasteiger charge is -2.37. The first-order valence-electron chi connectivity index (χ1n) is 9.85. The first kappa shape index (κ1) is 20.0. The predicted molar refractivity (Wildman–Crippen MR) is 115 cm³/mol. The van der Waals surface area contributed by atoms with Crippen LogP contribution in [0.2, 0.25) is 0 Å². The fraction of sp³-hybridized carbons (Fsp3) is 0.455. The van der Waals surface area contributed by atoms with Gasteiger partial charge in [0.1, 0.15) is 17.2 Å². The zero-order chi connectivity index (χ0) is 20.0. The second-order valence-corrected chi connectivity index (χ2v) is 7.88. The van der Waals surface area contributed by atoms with E-state index in [2.05, 4.69) is 58.0 Å². The van der Waals surface area contributed by atoms with E-state index in [1.807, 2.05) is 43.6 Å². The van der Waals surface area contributed by atoms with E-state index < -0.39 is 0 Å². The number of para-hydroxylation sites is 1. The average molecular weight is 382 g/mol. The molecule has 28 heavy (non-hydrogen) atoms. The molecule has 1 saturated heterocycles. The van der Waals surface area contributed by atoms with E-state index in [9.17, 15) is 0 Å². The zero-order valence-corrected chi connectivity index (χ0v) is 17.4. The SMILES string of the molecule is CN=C(NCc1ccccc1OC(C)(C)C)N1CCN(c2ccccn2)CC1. The summed E-state index contributed by atoms with van der Waals surface area (Å²) in [6.45, 7) is 10.6. The van der Waals surface area contributed by atoms with Gasteiger partial charge in [-0.05, 0) is 39.0 Å². The number of nitrogens with zero attached hydrogens (tertiary/aromatic N) is 4. The van der Waals surface area contributed by atoms with E-state index in [0.717, 1.165) is 49.3 Å². The third kappa shape index (κ3) is 5.38. The number of aromatic nitrogens is 1. The number of pyridine rings is 1. The van der Waals surface area contributed by atoms with Crippen LogP contribution in [0.1, 0.15) is 26.3 Å². The molecule has 1 aliphatic heterocycles. The number of nitrogens with one attached hydrogen (secondary N) is 1. The third-order valence-electron chi connectivity index (χ3n) is 4.59.